The van der Waals surface area contributed by atoms with Crippen LogP contribution >= 0.6 is 34.7 Å². The first kappa shape index (κ1) is 18.7. The Kier molecular flexibility index (Phi) is 5.43. The molecule has 1 fully saturated rings. The Balaban J connectivity index is 1.76. The maximum Gasteiger partial charge on any atom is 0.280 e. The second kappa shape index (κ2) is 8.14. The summed E-state index contributed by atoms with van der Waals surface area (Å²) in [5, 5.41) is 2.58. The molecule has 1 saturated heterocycles. The van der Waals surface area contributed by atoms with Crippen molar-refractivity contribution in [2.24, 2.45) is 4.99 Å². The van der Waals surface area contributed by atoms with Crippen LogP contribution in [0.3, 0.4) is 0 Å². The highest BCUT2D eigenvalue weighted by Gasteiger charge is 2.35. The van der Waals surface area contributed by atoms with Gasteiger partial charge in [0.05, 0.1) is 21.2 Å². The van der Waals surface area contributed by atoms with Gasteiger partial charge in [-0.05, 0) is 53.5 Å². The van der Waals surface area contributed by atoms with Crippen molar-refractivity contribution < 1.29 is 9.59 Å². The number of carbonyl (C=O) groups excluding carboxylic acids is 2. The molecule has 2 heterocycles. The molecular formula is C21H13ClN2O2S2. The topological polar surface area (TPSA) is 49.7 Å². The van der Waals surface area contributed by atoms with E-state index in [0.29, 0.717) is 26.3 Å². The van der Waals surface area contributed by atoms with E-state index in [1.54, 1.807) is 24.3 Å². The summed E-state index contributed by atoms with van der Waals surface area (Å²) in [5.74, 6) is -0.700. The van der Waals surface area contributed by atoms with E-state index in [0.717, 1.165) is 4.88 Å². The minimum Gasteiger partial charge on any atom is -0.268 e. The van der Waals surface area contributed by atoms with Crippen molar-refractivity contribution in [1.29, 1.82) is 0 Å². The van der Waals surface area contributed by atoms with E-state index in [1.165, 1.54) is 28.0 Å². The van der Waals surface area contributed by atoms with Gasteiger partial charge in [0, 0.05) is 4.88 Å². The van der Waals surface area contributed by atoms with E-state index in [-0.39, 0.29) is 5.91 Å². The van der Waals surface area contributed by atoms with E-state index in [4.69, 9.17) is 11.6 Å². The van der Waals surface area contributed by atoms with Crippen molar-refractivity contribution in [1.82, 2.24) is 0 Å². The summed E-state index contributed by atoms with van der Waals surface area (Å²) in [4.78, 5) is 32.9. The van der Waals surface area contributed by atoms with Crippen LogP contribution in [0.5, 0.6) is 0 Å². The van der Waals surface area contributed by atoms with Gasteiger partial charge in [0.25, 0.3) is 11.8 Å². The molecule has 1 aliphatic heterocycles. The number of hydrogen-bond acceptors (Lipinski definition) is 4. The number of thioether (sulfide) groups is 1. The van der Waals surface area contributed by atoms with Crippen molar-refractivity contribution in [2.75, 3.05) is 4.90 Å². The maximum absolute atomic E-state index is 13.1. The lowest BCUT2D eigenvalue weighted by Gasteiger charge is -2.15. The van der Waals surface area contributed by atoms with Crippen LogP contribution in [0.4, 0.5) is 5.69 Å². The second-order valence-corrected chi connectivity index (χ2v) is 8.18. The molecule has 0 saturated carbocycles. The van der Waals surface area contributed by atoms with Gasteiger partial charge in [0.2, 0.25) is 0 Å². The van der Waals surface area contributed by atoms with Gasteiger partial charge in [0.1, 0.15) is 0 Å². The van der Waals surface area contributed by atoms with Crippen LogP contribution in [0.1, 0.15) is 15.2 Å². The molecule has 3 aromatic rings. The summed E-state index contributed by atoms with van der Waals surface area (Å²) in [6.45, 7) is 0. The molecule has 0 unspecified atom stereocenters. The molecule has 138 valence electrons. The number of rotatable bonds is 3. The number of anilines is 1. The number of aliphatic imine (C=N–C) groups is 1. The molecule has 1 aromatic heterocycles. The molecule has 1 aliphatic rings. The lowest BCUT2D eigenvalue weighted by atomic mass is 10.2. The SMILES string of the molecule is O=C(N=C1SC(=Cc2cccs2)C(=O)N1c1ccccc1)c1ccccc1Cl. The molecule has 0 bridgehead atoms. The fourth-order valence-electron chi connectivity index (χ4n) is 2.64. The van der Waals surface area contributed by atoms with Gasteiger partial charge in [-0.2, -0.15) is 4.99 Å². The van der Waals surface area contributed by atoms with E-state index < -0.39 is 5.91 Å². The van der Waals surface area contributed by atoms with Crippen LogP contribution in [-0.4, -0.2) is 17.0 Å². The van der Waals surface area contributed by atoms with Crippen LogP contribution in [0.25, 0.3) is 6.08 Å². The van der Waals surface area contributed by atoms with Crippen LogP contribution < -0.4 is 4.90 Å². The zero-order chi connectivity index (χ0) is 19.5. The predicted molar refractivity (Wildman–Crippen MR) is 117 cm³/mol. The third-order valence-electron chi connectivity index (χ3n) is 3.94. The second-order valence-electron chi connectivity index (χ2n) is 5.78. The summed E-state index contributed by atoms with van der Waals surface area (Å²) in [7, 11) is 0. The number of amides is 2. The highest BCUT2D eigenvalue weighted by Crippen LogP contribution is 2.36. The van der Waals surface area contributed by atoms with Gasteiger partial charge in [-0.25, -0.2) is 0 Å². The Labute approximate surface area is 175 Å². The highest BCUT2D eigenvalue weighted by atomic mass is 35.5. The lowest BCUT2D eigenvalue weighted by Crippen LogP contribution is -2.29. The van der Waals surface area contributed by atoms with Gasteiger partial charge in [0.15, 0.2) is 5.17 Å². The number of halogens is 1. The molecular weight excluding hydrogens is 412 g/mol. The number of amidine groups is 1. The van der Waals surface area contributed by atoms with Gasteiger partial charge in [-0.15, -0.1) is 11.3 Å². The average Bonchev–Trinajstić information content (AvgIpc) is 3.31. The molecule has 7 heteroatoms. The van der Waals surface area contributed by atoms with E-state index >= 15 is 0 Å². The fourth-order valence-corrected chi connectivity index (χ4v) is 4.56. The Hall–Kier alpha value is -2.67. The van der Waals surface area contributed by atoms with Gasteiger partial charge >= 0.3 is 0 Å². The number of para-hydroxylation sites is 1. The summed E-state index contributed by atoms with van der Waals surface area (Å²) in [6, 6.07) is 19.7. The highest BCUT2D eigenvalue weighted by molar-refractivity contribution is 8.19. The fraction of sp³-hybridized carbons (Fsp3) is 0. The summed E-state index contributed by atoms with van der Waals surface area (Å²) in [5.41, 5.74) is 0.953. The number of thiophene rings is 1. The molecule has 4 nitrogen and oxygen atoms in total. The predicted octanol–water partition coefficient (Wildman–Crippen LogP) is 5.72. The van der Waals surface area contributed by atoms with E-state index in [2.05, 4.69) is 4.99 Å². The molecule has 2 amide bonds. The number of nitrogens with zero attached hydrogens (tertiary/aromatic N) is 2. The van der Waals surface area contributed by atoms with Crippen LogP contribution in [-0.2, 0) is 4.79 Å². The zero-order valence-electron chi connectivity index (χ0n) is 14.4. The number of hydrogen-bond donors (Lipinski definition) is 0. The van der Waals surface area contributed by atoms with Crippen LogP contribution in [0.2, 0.25) is 5.02 Å². The Morgan fingerprint density at radius 1 is 1.00 bits per heavy atom. The molecule has 0 radical (unpaired) electrons. The number of benzene rings is 2. The minimum atomic E-state index is -0.487. The molecule has 28 heavy (non-hydrogen) atoms. The monoisotopic (exact) mass is 424 g/mol. The van der Waals surface area contributed by atoms with Gasteiger partial charge in [-0.3, -0.25) is 14.5 Å². The van der Waals surface area contributed by atoms with Crippen LogP contribution in [0, 0.1) is 0 Å². The van der Waals surface area contributed by atoms with Crippen molar-refractivity contribution in [2.45, 2.75) is 0 Å². The van der Waals surface area contributed by atoms with E-state index in [9.17, 15) is 9.59 Å². The largest absolute Gasteiger partial charge is 0.280 e. The Morgan fingerprint density at radius 2 is 1.75 bits per heavy atom. The quantitative estimate of drug-likeness (QED) is 0.505. The molecule has 2 aromatic carbocycles. The Morgan fingerprint density at radius 3 is 2.46 bits per heavy atom. The minimum absolute atomic E-state index is 0.213. The first-order valence-electron chi connectivity index (χ1n) is 8.33. The third kappa shape index (κ3) is 3.80. The first-order chi connectivity index (χ1) is 13.6. The summed E-state index contributed by atoms with van der Waals surface area (Å²) < 4.78 is 0. The van der Waals surface area contributed by atoms with Gasteiger partial charge in [-0.1, -0.05) is 48.0 Å². The molecule has 0 spiro atoms. The smallest absolute Gasteiger partial charge is 0.268 e. The summed E-state index contributed by atoms with van der Waals surface area (Å²) in [6.07, 6.45) is 1.82. The molecule has 0 N–H and O–H groups in total. The van der Waals surface area contributed by atoms with E-state index in [1.807, 2.05) is 53.9 Å². The zero-order valence-corrected chi connectivity index (χ0v) is 16.8. The molecule has 0 atom stereocenters. The van der Waals surface area contributed by atoms with Crippen LogP contribution in [0.15, 0.2) is 82.0 Å². The van der Waals surface area contributed by atoms with Gasteiger partial charge < -0.3 is 0 Å². The normalized spacial score (nSPS) is 16.9. The van der Waals surface area contributed by atoms with Crippen molar-refractivity contribution in [3.05, 3.63) is 92.5 Å². The molecule has 0 aliphatic carbocycles. The Bertz CT molecular complexity index is 1090. The van der Waals surface area contributed by atoms with Crippen molar-refractivity contribution in [3.8, 4) is 0 Å². The standard InChI is InChI=1S/C21H13ClN2O2S2/c22-17-11-5-4-10-16(17)19(25)23-21-24(14-7-2-1-3-8-14)20(26)18(28-21)13-15-9-6-12-27-15/h1-13H. The molecule has 4 rings (SSSR count). The third-order valence-corrected chi connectivity index (χ3v) is 6.06. The maximum atomic E-state index is 13.1. The van der Waals surface area contributed by atoms with Crippen molar-refractivity contribution >= 4 is 63.4 Å². The summed E-state index contributed by atoms with van der Waals surface area (Å²) >= 11 is 8.84. The number of carbonyl (C=O) groups is 2. The lowest BCUT2D eigenvalue weighted by molar-refractivity contribution is -0.113. The first-order valence-corrected chi connectivity index (χ1v) is 10.4. The average molecular weight is 425 g/mol. The van der Waals surface area contributed by atoms with Crippen molar-refractivity contribution in [3.63, 3.8) is 0 Å².